The van der Waals surface area contributed by atoms with E-state index >= 15 is 0 Å². The summed E-state index contributed by atoms with van der Waals surface area (Å²) in [6, 6.07) is 22.8. The minimum absolute atomic E-state index is 0.0983. The lowest BCUT2D eigenvalue weighted by Gasteiger charge is -2.34. The third-order valence-electron chi connectivity index (χ3n) is 9.48. The maximum atomic E-state index is 10.3. The third kappa shape index (κ3) is 7.99. The van der Waals surface area contributed by atoms with Crippen LogP contribution < -0.4 is 9.47 Å². The van der Waals surface area contributed by atoms with Crippen molar-refractivity contribution < 1.29 is 49.6 Å². The summed E-state index contributed by atoms with van der Waals surface area (Å²) < 4.78 is 25.4. The molecule has 2 aromatic carbocycles. The molecule has 56 heavy (non-hydrogen) atoms. The van der Waals surface area contributed by atoms with Gasteiger partial charge in [-0.1, -0.05) is 46.8 Å². The molecular formula is C38H38N8O10. The van der Waals surface area contributed by atoms with Crippen LogP contribution in [0.2, 0.25) is 0 Å². The highest BCUT2D eigenvalue weighted by atomic mass is 16.5. The summed E-state index contributed by atoms with van der Waals surface area (Å²) in [5.74, 6) is 1.20. The molecule has 2 saturated heterocycles. The number of pyridine rings is 2. The number of aliphatic hydroxyl groups excluding tert-OH is 6. The monoisotopic (exact) mass is 766 g/mol. The Morgan fingerprint density at radius 1 is 0.554 bits per heavy atom. The average Bonchev–Trinajstić information content (AvgIpc) is 3.91. The molecule has 6 aromatic rings. The van der Waals surface area contributed by atoms with Crippen LogP contribution in [0.3, 0.4) is 0 Å². The van der Waals surface area contributed by atoms with Crippen LogP contribution in [-0.2, 0) is 22.7 Å². The van der Waals surface area contributed by atoms with Gasteiger partial charge < -0.3 is 49.6 Å². The molecule has 18 heteroatoms. The van der Waals surface area contributed by atoms with Gasteiger partial charge in [0.2, 0.25) is 0 Å². The second kappa shape index (κ2) is 16.2. The van der Waals surface area contributed by atoms with Gasteiger partial charge in [0.25, 0.3) is 0 Å². The molecular weight excluding hydrogens is 728 g/mol. The van der Waals surface area contributed by atoms with Crippen molar-refractivity contribution >= 4 is 0 Å². The molecule has 0 unspecified atom stereocenters. The maximum Gasteiger partial charge on any atom is 0.180 e. The van der Waals surface area contributed by atoms with Crippen LogP contribution in [-0.4, -0.2) is 120 Å². The van der Waals surface area contributed by atoms with Crippen LogP contribution in [0.15, 0.2) is 97.6 Å². The van der Waals surface area contributed by atoms with Gasteiger partial charge in [0.1, 0.15) is 72.7 Å². The predicted molar refractivity (Wildman–Crippen MR) is 193 cm³/mol. The third-order valence-corrected chi connectivity index (χ3v) is 9.48. The van der Waals surface area contributed by atoms with Gasteiger partial charge in [-0.15, -0.1) is 10.2 Å². The van der Waals surface area contributed by atoms with E-state index in [1.54, 1.807) is 24.8 Å². The zero-order chi connectivity index (χ0) is 38.8. The molecule has 0 aliphatic carbocycles. The minimum atomic E-state index is -1.36. The van der Waals surface area contributed by atoms with E-state index < -0.39 is 49.1 Å². The maximum absolute atomic E-state index is 10.3. The van der Waals surface area contributed by atoms with Crippen LogP contribution in [0, 0.1) is 0 Å². The summed E-state index contributed by atoms with van der Waals surface area (Å²) in [6.45, 7) is -0.0864. The Kier molecular flexibility index (Phi) is 10.8. The number of hydrogen-bond donors (Lipinski definition) is 6. The Balaban J connectivity index is 0.858. The molecule has 8 rings (SSSR count). The fraction of sp³-hybridized carbons (Fsp3) is 0.316. The Morgan fingerprint density at radius 2 is 1.00 bits per heavy atom. The predicted octanol–water partition coefficient (Wildman–Crippen LogP) is 1.04. The Bertz CT molecular complexity index is 2080. The summed E-state index contributed by atoms with van der Waals surface area (Å²) in [5, 5.41) is 76.0. The molecule has 0 radical (unpaired) electrons. The summed E-state index contributed by atoms with van der Waals surface area (Å²) in [7, 11) is 0. The molecule has 2 fully saturated rings. The van der Waals surface area contributed by atoms with Gasteiger partial charge in [0.15, 0.2) is 12.5 Å². The molecule has 0 amide bonds. The van der Waals surface area contributed by atoms with Crippen molar-refractivity contribution in [1.29, 1.82) is 0 Å². The summed E-state index contributed by atoms with van der Waals surface area (Å²) in [4.78, 5) is 9.31. The Labute approximate surface area is 318 Å². The van der Waals surface area contributed by atoms with Crippen molar-refractivity contribution in [2.45, 2.75) is 62.3 Å². The van der Waals surface area contributed by atoms with E-state index in [0.29, 0.717) is 34.3 Å². The summed E-state index contributed by atoms with van der Waals surface area (Å²) in [5.41, 5.74) is 5.91. The van der Waals surface area contributed by atoms with Crippen LogP contribution in [0.1, 0.15) is 23.8 Å². The number of benzene rings is 2. The number of rotatable bonds is 11. The molecule has 18 nitrogen and oxygen atoms in total. The quantitative estimate of drug-likeness (QED) is 0.108. The van der Waals surface area contributed by atoms with Crippen molar-refractivity contribution in [1.82, 2.24) is 40.0 Å². The highest BCUT2D eigenvalue weighted by Crippen LogP contribution is 2.29. The summed E-state index contributed by atoms with van der Waals surface area (Å²) in [6.07, 6.45) is -3.11. The second-order valence-electron chi connectivity index (χ2n) is 13.4. The SMILES string of the molecule is O[C@@H]1[C@@H](O)[C@H](n2cc(COc3cccc(-c4ccc(-c5ccc(-c6cccc(OCc7cn([C@@H]8OC[C@@H](O)[C@H](O)[C@H]8O)nn7)c6)cn5)nc4)c3)nn2)OC[C@H]1O. The van der Waals surface area contributed by atoms with E-state index in [0.717, 1.165) is 22.3 Å². The van der Waals surface area contributed by atoms with Crippen molar-refractivity contribution in [3.8, 4) is 45.1 Å². The molecule has 2 aliphatic rings. The van der Waals surface area contributed by atoms with E-state index in [4.69, 9.17) is 18.9 Å². The van der Waals surface area contributed by atoms with Crippen LogP contribution in [0.25, 0.3) is 33.6 Å². The first-order valence-corrected chi connectivity index (χ1v) is 17.7. The molecule has 290 valence electrons. The molecule has 2 aliphatic heterocycles. The molecule has 0 bridgehead atoms. The first-order chi connectivity index (χ1) is 27.2. The minimum Gasteiger partial charge on any atom is -0.487 e. The van der Waals surface area contributed by atoms with E-state index in [2.05, 4.69) is 30.6 Å². The van der Waals surface area contributed by atoms with Gasteiger partial charge >= 0.3 is 0 Å². The standard InChI is InChI=1S/C38H38N8O10/c47-31-19-55-37(35(51)33(31)49)45-15-25(41-43-45)17-53-27-5-1-3-21(11-27)23-7-9-29(39-13-23)30-10-8-24(14-40-30)22-4-2-6-28(12-22)54-18-26-16-46(44-42-26)38-36(52)34(50)32(48)20-56-38/h1-16,31-38,47-52H,17-20H2/t31-,32-,33+,34+,35-,36-,37-,38-/m1/s1. The lowest BCUT2D eigenvalue weighted by Crippen LogP contribution is -2.50. The lowest BCUT2D eigenvalue weighted by molar-refractivity contribution is -0.214. The van der Waals surface area contributed by atoms with E-state index in [1.807, 2.05) is 72.8 Å². The number of ether oxygens (including phenoxy) is 4. The van der Waals surface area contributed by atoms with Crippen LogP contribution in [0.5, 0.6) is 11.5 Å². The number of aromatic nitrogens is 8. The van der Waals surface area contributed by atoms with E-state index in [9.17, 15) is 30.6 Å². The van der Waals surface area contributed by atoms with Crippen LogP contribution in [0.4, 0.5) is 0 Å². The average molecular weight is 767 g/mol. The zero-order valence-electron chi connectivity index (χ0n) is 29.6. The van der Waals surface area contributed by atoms with E-state index in [1.165, 1.54) is 9.36 Å². The van der Waals surface area contributed by atoms with Crippen molar-refractivity contribution in [2.24, 2.45) is 0 Å². The largest absolute Gasteiger partial charge is 0.487 e. The number of hydrogen-bond acceptors (Lipinski definition) is 16. The molecule has 4 aromatic heterocycles. The molecule has 0 spiro atoms. The van der Waals surface area contributed by atoms with Gasteiger partial charge in [-0.25, -0.2) is 9.36 Å². The zero-order valence-corrected chi connectivity index (χ0v) is 29.6. The lowest BCUT2D eigenvalue weighted by atomic mass is 10.0. The molecule has 6 heterocycles. The topological polar surface area (TPSA) is 245 Å². The number of aliphatic hydroxyl groups is 6. The molecule has 0 saturated carbocycles. The number of nitrogens with zero attached hydrogens (tertiary/aromatic N) is 8. The first kappa shape index (κ1) is 37.2. The van der Waals surface area contributed by atoms with Gasteiger partial charge in [-0.05, 0) is 47.5 Å². The van der Waals surface area contributed by atoms with Gasteiger partial charge in [0, 0.05) is 23.5 Å². The fourth-order valence-corrected chi connectivity index (χ4v) is 6.33. The van der Waals surface area contributed by atoms with E-state index in [-0.39, 0.29) is 26.4 Å². The fourth-order valence-electron chi connectivity index (χ4n) is 6.33. The summed E-state index contributed by atoms with van der Waals surface area (Å²) >= 11 is 0. The van der Waals surface area contributed by atoms with Crippen molar-refractivity contribution in [3.63, 3.8) is 0 Å². The second-order valence-corrected chi connectivity index (χ2v) is 13.4. The molecule has 8 atom stereocenters. The van der Waals surface area contributed by atoms with Gasteiger partial charge in [-0.3, -0.25) is 9.97 Å². The van der Waals surface area contributed by atoms with Gasteiger partial charge in [-0.2, -0.15) is 0 Å². The van der Waals surface area contributed by atoms with Crippen LogP contribution >= 0.6 is 0 Å². The smallest absolute Gasteiger partial charge is 0.180 e. The normalized spacial score (nSPS) is 25.2. The first-order valence-electron chi connectivity index (χ1n) is 17.7. The Morgan fingerprint density at radius 3 is 1.41 bits per heavy atom. The molecule has 6 N–H and O–H groups in total. The Hall–Kier alpha value is -5.70. The van der Waals surface area contributed by atoms with Gasteiger partial charge in [0.05, 0.1) is 37.0 Å². The van der Waals surface area contributed by atoms with Crippen molar-refractivity contribution in [2.75, 3.05) is 13.2 Å². The van der Waals surface area contributed by atoms with Crippen molar-refractivity contribution in [3.05, 3.63) is 109 Å². The highest BCUT2D eigenvalue weighted by molar-refractivity contribution is 5.69. The highest BCUT2D eigenvalue weighted by Gasteiger charge is 2.40.